The average Bonchev–Trinajstić information content (AvgIpc) is 2.88. The van der Waals surface area contributed by atoms with Gasteiger partial charge in [0.15, 0.2) is 5.82 Å². The summed E-state index contributed by atoms with van der Waals surface area (Å²) in [6.45, 7) is 0. The molecule has 1 aromatic carbocycles. The van der Waals surface area contributed by atoms with Crippen molar-refractivity contribution >= 4 is 39.2 Å². The van der Waals surface area contributed by atoms with Crippen molar-refractivity contribution in [3.05, 3.63) is 52.4 Å². The molecule has 0 spiro atoms. The van der Waals surface area contributed by atoms with Gasteiger partial charge in [-0.05, 0) is 35.4 Å². The predicted molar refractivity (Wildman–Crippen MR) is 82.0 cm³/mol. The zero-order valence-corrected chi connectivity index (χ0v) is 12.5. The van der Waals surface area contributed by atoms with Gasteiger partial charge in [-0.3, -0.25) is 5.10 Å². The number of anilines is 2. The first kappa shape index (κ1) is 13.1. The van der Waals surface area contributed by atoms with E-state index in [0.29, 0.717) is 11.6 Å². The van der Waals surface area contributed by atoms with Crippen LogP contribution in [0, 0.1) is 0 Å². The van der Waals surface area contributed by atoms with Gasteiger partial charge in [-0.2, -0.15) is 5.10 Å². The normalized spacial score (nSPS) is 10.5. The van der Waals surface area contributed by atoms with E-state index in [1.54, 1.807) is 12.3 Å². The van der Waals surface area contributed by atoms with Crippen LogP contribution in [0.4, 0.5) is 11.6 Å². The van der Waals surface area contributed by atoms with E-state index in [9.17, 15) is 0 Å². The standard InChI is InChI=1S/C13H9BrClN5/c14-9-3-1-8(2-4-9)10-7-12(20-19-10)17-11-5-6-16-13(15)18-11/h1-7H,(H2,16,17,18,19,20). The monoisotopic (exact) mass is 349 g/mol. The number of H-pyrrole nitrogens is 1. The summed E-state index contributed by atoms with van der Waals surface area (Å²) in [5, 5.41) is 10.4. The number of nitrogens with zero attached hydrogens (tertiary/aromatic N) is 3. The van der Waals surface area contributed by atoms with E-state index < -0.39 is 0 Å². The highest BCUT2D eigenvalue weighted by Crippen LogP contribution is 2.23. The number of benzene rings is 1. The molecule has 2 heterocycles. The SMILES string of the molecule is Clc1nccc(Nc2cc(-c3ccc(Br)cc3)[nH]n2)n1. The Morgan fingerprint density at radius 1 is 1.10 bits per heavy atom. The van der Waals surface area contributed by atoms with Crippen LogP contribution in [0.5, 0.6) is 0 Å². The second-order valence-corrected chi connectivity index (χ2v) is 5.26. The largest absolute Gasteiger partial charge is 0.323 e. The molecule has 5 nitrogen and oxygen atoms in total. The zero-order chi connectivity index (χ0) is 13.9. The molecule has 3 rings (SSSR count). The van der Waals surface area contributed by atoms with Crippen molar-refractivity contribution in [1.82, 2.24) is 20.2 Å². The minimum absolute atomic E-state index is 0.193. The summed E-state index contributed by atoms with van der Waals surface area (Å²) < 4.78 is 1.04. The lowest BCUT2D eigenvalue weighted by atomic mass is 10.1. The molecule has 2 aromatic heterocycles. The average molecular weight is 351 g/mol. The first-order valence-electron chi connectivity index (χ1n) is 5.77. The van der Waals surface area contributed by atoms with Crippen molar-refractivity contribution in [3.8, 4) is 11.3 Å². The first-order chi connectivity index (χ1) is 9.70. The van der Waals surface area contributed by atoms with Gasteiger partial charge in [-0.1, -0.05) is 28.1 Å². The number of hydrogen-bond donors (Lipinski definition) is 2. The first-order valence-corrected chi connectivity index (χ1v) is 6.95. The highest BCUT2D eigenvalue weighted by atomic mass is 79.9. The van der Waals surface area contributed by atoms with Crippen molar-refractivity contribution in [2.75, 3.05) is 5.32 Å². The predicted octanol–water partition coefficient (Wildman–Crippen LogP) is 4.03. The summed E-state index contributed by atoms with van der Waals surface area (Å²) in [7, 11) is 0. The number of nitrogens with one attached hydrogen (secondary N) is 2. The lowest BCUT2D eigenvalue weighted by molar-refractivity contribution is 1.09. The molecule has 2 N–H and O–H groups in total. The summed E-state index contributed by atoms with van der Waals surface area (Å²) in [5.41, 5.74) is 1.97. The fourth-order valence-electron chi connectivity index (χ4n) is 1.70. The molecule has 0 radical (unpaired) electrons. The summed E-state index contributed by atoms with van der Waals surface area (Å²) in [6, 6.07) is 11.6. The second-order valence-electron chi connectivity index (χ2n) is 4.01. The van der Waals surface area contributed by atoms with Crippen molar-refractivity contribution in [2.45, 2.75) is 0 Å². The second kappa shape index (κ2) is 5.60. The summed E-state index contributed by atoms with van der Waals surface area (Å²) in [5.74, 6) is 1.26. The van der Waals surface area contributed by atoms with Gasteiger partial charge in [0, 0.05) is 16.7 Å². The Morgan fingerprint density at radius 2 is 1.90 bits per heavy atom. The number of halogens is 2. The maximum Gasteiger partial charge on any atom is 0.224 e. The van der Waals surface area contributed by atoms with Crippen molar-refractivity contribution in [3.63, 3.8) is 0 Å². The molecule has 0 aliphatic carbocycles. The van der Waals surface area contributed by atoms with Gasteiger partial charge in [0.2, 0.25) is 5.28 Å². The lowest BCUT2D eigenvalue weighted by Crippen LogP contribution is -1.94. The Balaban J connectivity index is 1.82. The van der Waals surface area contributed by atoms with E-state index in [4.69, 9.17) is 11.6 Å². The summed E-state index contributed by atoms with van der Waals surface area (Å²) in [4.78, 5) is 7.87. The quantitative estimate of drug-likeness (QED) is 0.700. The van der Waals surface area contributed by atoms with Crippen LogP contribution in [0.1, 0.15) is 0 Å². The van der Waals surface area contributed by atoms with Crippen LogP contribution < -0.4 is 5.32 Å². The van der Waals surface area contributed by atoms with Crippen LogP contribution in [0.15, 0.2) is 47.1 Å². The van der Waals surface area contributed by atoms with Gasteiger partial charge >= 0.3 is 0 Å². The minimum Gasteiger partial charge on any atom is -0.323 e. The van der Waals surface area contributed by atoms with Crippen LogP contribution in [-0.4, -0.2) is 20.2 Å². The van der Waals surface area contributed by atoms with E-state index >= 15 is 0 Å². The molecule has 0 fully saturated rings. The van der Waals surface area contributed by atoms with Gasteiger partial charge in [-0.15, -0.1) is 0 Å². The number of hydrogen-bond acceptors (Lipinski definition) is 4. The van der Waals surface area contributed by atoms with Crippen LogP contribution >= 0.6 is 27.5 Å². The molecule has 7 heteroatoms. The van der Waals surface area contributed by atoms with E-state index in [1.807, 2.05) is 30.3 Å². The highest BCUT2D eigenvalue weighted by Gasteiger charge is 2.05. The zero-order valence-electron chi connectivity index (χ0n) is 10.1. The fourth-order valence-corrected chi connectivity index (χ4v) is 2.11. The molecule has 0 atom stereocenters. The molecular formula is C13H9BrClN5. The van der Waals surface area contributed by atoms with Crippen LogP contribution in [0.3, 0.4) is 0 Å². The molecule has 0 aliphatic rings. The fraction of sp³-hybridized carbons (Fsp3) is 0. The Morgan fingerprint density at radius 3 is 2.65 bits per heavy atom. The van der Waals surface area contributed by atoms with Gasteiger partial charge in [0.25, 0.3) is 0 Å². The van der Waals surface area contributed by atoms with E-state index in [2.05, 4.69) is 41.4 Å². The summed E-state index contributed by atoms with van der Waals surface area (Å²) >= 11 is 9.14. The Labute approximate surface area is 128 Å². The molecule has 0 saturated heterocycles. The van der Waals surface area contributed by atoms with Crippen LogP contribution in [0.2, 0.25) is 5.28 Å². The van der Waals surface area contributed by atoms with Crippen molar-refractivity contribution in [2.24, 2.45) is 0 Å². The van der Waals surface area contributed by atoms with Crippen LogP contribution in [-0.2, 0) is 0 Å². The molecule has 0 bridgehead atoms. The Bertz CT molecular complexity index is 726. The van der Waals surface area contributed by atoms with Crippen molar-refractivity contribution < 1.29 is 0 Å². The molecule has 0 saturated carbocycles. The highest BCUT2D eigenvalue weighted by molar-refractivity contribution is 9.10. The van der Waals surface area contributed by atoms with Crippen molar-refractivity contribution in [1.29, 1.82) is 0 Å². The number of aromatic amines is 1. The van der Waals surface area contributed by atoms with Crippen LogP contribution in [0.25, 0.3) is 11.3 Å². The molecule has 0 aliphatic heterocycles. The summed E-state index contributed by atoms with van der Waals surface area (Å²) in [6.07, 6.45) is 1.58. The van der Waals surface area contributed by atoms with E-state index in [-0.39, 0.29) is 5.28 Å². The van der Waals surface area contributed by atoms with E-state index in [0.717, 1.165) is 15.7 Å². The smallest absolute Gasteiger partial charge is 0.224 e. The molecule has 100 valence electrons. The molecular weight excluding hydrogens is 342 g/mol. The Hall–Kier alpha value is -1.92. The van der Waals surface area contributed by atoms with Gasteiger partial charge in [0.05, 0.1) is 5.69 Å². The third-order valence-electron chi connectivity index (χ3n) is 2.62. The topological polar surface area (TPSA) is 66.5 Å². The molecule has 20 heavy (non-hydrogen) atoms. The van der Waals surface area contributed by atoms with E-state index in [1.165, 1.54) is 0 Å². The van der Waals surface area contributed by atoms with Gasteiger partial charge < -0.3 is 5.32 Å². The van der Waals surface area contributed by atoms with Gasteiger partial charge in [-0.25, -0.2) is 9.97 Å². The maximum absolute atomic E-state index is 5.73. The molecule has 0 amide bonds. The maximum atomic E-state index is 5.73. The third-order valence-corrected chi connectivity index (χ3v) is 3.33. The Kier molecular flexibility index (Phi) is 3.66. The number of aromatic nitrogens is 4. The van der Waals surface area contributed by atoms with Gasteiger partial charge in [0.1, 0.15) is 5.82 Å². The number of rotatable bonds is 3. The molecule has 0 unspecified atom stereocenters. The lowest BCUT2D eigenvalue weighted by Gasteiger charge is -2.00. The minimum atomic E-state index is 0.193. The molecule has 3 aromatic rings. The third kappa shape index (κ3) is 2.97.